The van der Waals surface area contributed by atoms with Gasteiger partial charge in [-0.15, -0.1) is 0 Å². The Labute approximate surface area is 356 Å². The third-order valence-electron chi connectivity index (χ3n) is 9.03. The van der Waals surface area contributed by atoms with Crippen molar-refractivity contribution < 1.29 is 63.6 Å². The number of aliphatic carboxylic acids is 2. The van der Waals surface area contributed by atoms with E-state index in [2.05, 4.69) is 36.9 Å². The molecule has 1 aromatic carbocycles. The first kappa shape index (κ1) is 53.4. The summed E-state index contributed by atoms with van der Waals surface area (Å²) in [5, 5.41) is 52.3. The SMILES string of the molecule is C[C@H](NC(=O)[C@H](Cc1ccc(O)cc1)NC(=O)[C@@H](N)CO)C(=O)N[C@@H](CCC(=O)O)C(=O)N[C@@H](CCCN=C(N)N)C(=O)N[C@@H](CCCCN)C(=O)N[C@@H](CCC(N)=O)C(=O)O. The van der Waals surface area contributed by atoms with E-state index in [-0.39, 0.29) is 63.3 Å². The molecule has 0 aliphatic carbocycles. The number of benzene rings is 1. The van der Waals surface area contributed by atoms with Gasteiger partial charge in [-0.1, -0.05) is 12.1 Å². The third kappa shape index (κ3) is 21.1. The smallest absolute Gasteiger partial charge is 0.326 e. The van der Waals surface area contributed by atoms with Crippen LogP contribution in [0.3, 0.4) is 0 Å². The van der Waals surface area contributed by atoms with E-state index >= 15 is 0 Å². The molecular formula is C37H60N12O13. The van der Waals surface area contributed by atoms with E-state index < -0.39 is 115 Å². The largest absolute Gasteiger partial charge is 0.508 e. The van der Waals surface area contributed by atoms with Crippen LogP contribution in [0.25, 0.3) is 0 Å². The maximum absolute atomic E-state index is 13.8. The number of aliphatic hydroxyl groups is 1. The highest BCUT2D eigenvalue weighted by Crippen LogP contribution is 2.12. The number of guanidine groups is 1. The highest BCUT2D eigenvalue weighted by molar-refractivity contribution is 5.97. The maximum Gasteiger partial charge on any atom is 0.326 e. The summed E-state index contributed by atoms with van der Waals surface area (Å²) in [5.41, 5.74) is 27.6. The quantitative estimate of drug-likeness (QED) is 0.0195. The molecule has 0 aromatic heterocycles. The molecule has 0 saturated heterocycles. The Morgan fingerprint density at radius 2 is 1.11 bits per heavy atom. The number of aliphatic imine (C=N–C) groups is 1. The Balaban J connectivity index is 3.36. The van der Waals surface area contributed by atoms with Gasteiger partial charge in [0.05, 0.1) is 6.61 Å². The van der Waals surface area contributed by atoms with Gasteiger partial charge in [-0.2, -0.15) is 0 Å². The van der Waals surface area contributed by atoms with Gasteiger partial charge in [0.1, 0.15) is 48.0 Å². The number of carboxylic acid groups (broad SMARTS) is 2. The van der Waals surface area contributed by atoms with Crippen molar-refractivity contribution in [1.29, 1.82) is 0 Å². The van der Waals surface area contributed by atoms with Crippen LogP contribution in [-0.4, -0.2) is 142 Å². The van der Waals surface area contributed by atoms with E-state index in [4.69, 9.17) is 28.7 Å². The molecule has 20 N–H and O–H groups in total. The van der Waals surface area contributed by atoms with Crippen LogP contribution in [0.2, 0.25) is 0 Å². The van der Waals surface area contributed by atoms with E-state index in [0.29, 0.717) is 18.4 Å². The summed E-state index contributed by atoms with van der Waals surface area (Å²) in [5.74, 6) is -9.64. The maximum atomic E-state index is 13.8. The topological polar surface area (TPSA) is 449 Å². The van der Waals surface area contributed by atoms with E-state index in [1.54, 1.807) is 0 Å². The van der Waals surface area contributed by atoms with Gasteiger partial charge in [-0.3, -0.25) is 43.3 Å². The fraction of sp³-hybridized carbons (Fsp3) is 0.568. The Morgan fingerprint density at radius 3 is 1.61 bits per heavy atom. The monoisotopic (exact) mass is 880 g/mol. The summed E-state index contributed by atoms with van der Waals surface area (Å²) < 4.78 is 0. The number of unbranched alkanes of at least 4 members (excludes halogenated alkanes) is 1. The summed E-state index contributed by atoms with van der Waals surface area (Å²) in [6.07, 6.45) is -1.40. The van der Waals surface area contributed by atoms with Crippen molar-refractivity contribution in [3.8, 4) is 5.75 Å². The minimum atomic E-state index is -1.62. The Hall–Kier alpha value is -6.60. The second kappa shape index (κ2) is 28.0. The number of primary amides is 1. The summed E-state index contributed by atoms with van der Waals surface area (Å²) >= 11 is 0. The minimum absolute atomic E-state index is 0.0148. The number of hydrogen-bond acceptors (Lipinski definition) is 14. The second-order valence-electron chi connectivity index (χ2n) is 14.2. The van der Waals surface area contributed by atoms with Gasteiger partial charge in [0.15, 0.2) is 5.96 Å². The van der Waals surface area contributed by atoms with Gasteiger partial charge in [0.2, 0.25) is 41.4 Å². The average Bonchev–Trinajstić information content (AvgIpc) is 3.20. The van der Waals surface area contributed by atoms with Gasteiger partial charge >= 0.3 is 11.9 Å². The van der Waals surface area contributed by atoms with Crippen LogP contribution in [0.15, 0.2) is 29.3 Å². The number of carbonyl (C=O) groups is 9. The fourth-order valence-corrected chi connectivity index (χ4v) is 5.55. The van der Waals surface area contributed by atoms with Crippen molar-refractivity contribution in [2.75, 3.05) is 19.7 Å². The van der Waals surface area contributed by atoms with Gasteiger partial charge in [-0.05, 0) is 76.1 Å². The molecule has 0 heterocycles. The molecule has 0 aliphatic heterocycles. The van der Waals surface area contributed by atoms with Crippen LogP contribution >= 0.6 is 0 Å². The van der Waals surface area contributed by atoms with Crippen LogP contribution in [0.4, 0.5) is 0 Å². The molecule has 7 amide bonds. The molecule has 0 unspecified atom stereocenters. The number of nitrogens with two attached hydrogens (primary N) is 5. The highest BCUT2D eigenvalue weighted by Gasteiger charge is 2.33. The zero-order valence-corrected chi connectivity index (χ0v) is 34.3. The Bertz CT molecular complexity index is 1730. The first-order valence-corrected chi connectivity index (χ1v) is 19.6. The number of nitrogens with zero attached hydrogens (tertiary/aromatic N) is 1. The zero-order chi connectivity index (χ0) is 46.9. The molecule has 25 heteroatoms. The van der Waals surface area contributed by atoms with Crippen LogP contribution in [0.5, 0.6) is 5.75 Å². The lowest BCUT2D eigenvalue weighted by molar-refractivity contribution is -0.143. The summed E-state index contributed by atoms with van der Waals surface area (Å²) in [6, 6.07) is -4.52. The lowest BCUT2D eigenvalue weighted by Crippen LogP contribution is -2.59. The van der Waals surface area contributed by atoms with E-state index in [0.717, 1.165) is 0 Å². The number of carboxylic acids is 2. The number of phenols is 1. The fourth-order valence-electron chi connectivity index (χ4n) is 5.55. The molecule has 0 radical (unpaired) electrons. The lowest BCUT2D eigenvalue weighted by Gasteiger charge is -2.27. The molecule has 0 saturated carbocycles. The number of aromatic hydroxyl groups is 1. The van der Waals surface area contributed by atoms with Gasteiger partial charge in [-0.25, -0.2) is 4.79 Å². The van der Waals surface area contributed by atoms with Crippen LogP contribution in [0, 0.1) is 0 Å². The molecule has 0 fully saturated rings. The van der Waals surface area contributed by atoms with Crippen LogP contribution in [0.1, 0.15) is 70.3 Å². The molecule has 1 rings (SSSR count). The highest BCUT2D eigenvalue weighted by atomic mass is 16.4. The molecule has 0 bridgehead atoms. The van der Waals surface area contributed by atoms with E-state index in [1.165, 1.54) is 31.2 Å². The van der Waals surface area contributed by atoms with E-state index in [1.807, 2.05) is 0 Å². The lowest BCUT2D eigenvalue weighted by atomic mass is 10.0. The Morgan fingerprint density at radius 1 is 0.629 bits per heavy atom. The number of carbonyl (C=O) groups excluding carboxylic acids is 7. The van der Waals surface area contributed by atoms with Crippen molar-refractivity contribution in [2.24, 2.45) is 33.7 Å². The van der Waals surface area contributed by atoms with Crippen molar-refractivity contribution in [1.82, 2.24) is 31.9 Å². The summed E-state index contributed by atoms with van der Waals surface area (Å²) in [6.45, 7) is 0.703. The van der Waals surface area contributed by atoms with E-state index in [9.17, 15) is 63.6 Å². The average molecular weight is 881 g/mol. The minimum Gasteiger partial charge on any atom is -0.508 e. The predicted octanol–water partition coefficient (Wildman–Crippen LogP) is -5.42. The molecule has 7 atom stereocenters. The second-order valence-corrected chi connectivity index (χ2v) is 14.2. The van der Waals surface area contributed by atoms with Gasteiger partial charge in [0, 0.05) is 25.8 Å². The number of phenolic OH excluding ortho intramolecular Hbond substituents is 1. The number of nitrogens with one attached hydrogen (secondary N) is 6. The van der Waals surface area contributed by atoms with Crippen molar-refractivity contribution >= 4 is 59.2 Å². The zero-order valence-electron chi connectivity index (χ0n) is 34.3. The normalized spacial score (nSPS) is 14.2. The van der Waals surface area contributed by atoms with Gasteiger partial charge < -0.3 is 81.0 Å². The molecule has 1 aromatic rings. The van der Waals surface area contributed by atoms with Gasteiger partial charge in [0.25, 0.3) is 0 Å². The summed E-state index contributed by atoms with van der Waals surface area (Å²) in [7, 11) is 0. The molecular weight excluding hydrogens is 820 g/mol. The van der Waals surface area contributed by atoms with Crippen molar-refractivity contribution in [3.05, 3.63) is 29.8 Å². The summed E-state index contributed by atoms with van der Waals surface area (Å²) in [4.78, 5) is 119. The number of hydrogen-bond donors (Lipinski definition) is 15. The van der Waals surface area contributed by atoms with Crippen molar-refractivity contribution in [2.45, 2.75) is 113 Å². The number of amides is 7. The standard InChI is InChI=1S/C37H60N12O13/c1-19(44-35(60)27(49-31(56)22(39)18-50)17-20-7-9-21(51)10-8-20)30(55)45-25(12-14-29(53)54)34(59)47-24(6-4-16-43-37(41)42)32(57)46-23(5-2-3-15-38)33(58)48-26(36(61)62)11-13-28(40)52/h7-10,19,22-27,50-51H,2-6,11-18,38-39H2,1H3,(H2,40,52)(H,44,60)(H,45,55)(H,46,57)(H,47,59)(H,48,58)(H,49,56)(H,53,54)(H,61,62)(H4,41,42,43)/t19-,22-,23-,24-,25-,26-,27-/m0/s1. The third-order valence-corrected chi connectivity index (χ3v) is 9.03. The molecule has 0 aliphatic rings. The first-order chi connectivity index (χ1) is 29.2. The molecule has 25 nitrogen and oxygen atoms in total. The molecule has 0 spiro atoms. The molecule has 346 valence electrons. The molecule has 62 heavy (non-hydrogen) atoms. The Kier molecular flexibility index (Phi) is 24.1. The van der Waals surface area contributed by atoms with Crippen LogP contribution in [-0.2, 0) is 49.6 Å². The van der Waals surface area contributed by atoms with Crippen molar-refractivity contribution in [3.63, 3.8) is 0 Å². The number of aliphatic hydroxyl groups excluding tert-OH is 1. The van der Waals surface area contributed by atoms with Crippen LogP contribution < -0.4 is 60.6 Å². The number of rotatable bonds is 30. The first-order valence-electron chi connectivity index (χ1n) is 19.6. The predicted molar refractivity (Wildman–Crippen MR) is 220 cm³/mol.